The number of amidine groups is 1. The van der Waals surface area contributed by atoms with Crippen molar-refractivity contribution in [1.29, 1.82) is 5.41 Å². The lowest BCUT2D eigenvalue weighted by Gasteiger charge is -1.93. The monoisotopic (exact) mass is 222 g/mol. The fraction of sp³-hybridized carbons (Fsp3) is 0. The average molecular weight is 222 g/mol. The van der Waals surface area contributed by atoms with E-state index in [1.807, 2.05) is 53.2 Å². The van der Waals surface area contributed by atoms with Crippen molar-refractivity contribution in [2.45, 2.75) is 0 Å². The van der Waals surface area contributed by atoms with Crippen LogP contribution in [0.4, 0.5) is 0 Å². The first kappa shape index (κ1) is 13.4. The van der Waals surface area contributed by atoms with E-state index in [1.165, 1.54) is 0 Å². The lowest BCUT2D eigenvalue weighted by molar-refractivity contribution is 0.824. The fourth-order valence-corrected chi connectivity index (χ4v) is 1.30. The van der Waals surface area contributed by atoms with Crippen LogP contribution >= 0.6 is 11.3 Å². The maximum Gasteiger partial charge on any atom is 0.122 e. The van der Waals surface area contributed by atoms with Crippen LogP contribution in [0.1, 0.15) is 5.56 Å². The maximum absolute atomic E-state index is 7.01. The van der Waals surface area contributed by atoms with Crippen LogP contribution in [0.2, 0.25) is 0 Å². The quantitative estimate of drug-likeness (QED) is 0.560. The van der Waals surface area contributed by atoms with Gasteiger partial charge in [0.05, 0.1) is 0 Å². The van der Waals surface area contributed by atoms with Gasteiger partial charge in [0.1, 0.15) is 5.84 Å². The topological polar surface area (TPSA) is 81.4 Å². The number of thiophene rings is 1. The Labute approximate surface area is 93.0 Å². The van der Waals surface area contributed by atoms with Crippen LogP contribution in [0.5, 0.6) is 0 Å². The van der Waals surface area contributed by atoms with E-state index in [9.17, 15) is 0 Å². The molecule has 0 aliphatic carbocycles. The molecule has 0 atom stereocenters. The highest BCUT2D eigenvalue weighted by atomic mass is 32.1. The number of nitrogens with one attached hydrogen (secondary N) is 1. The van der Waals surface area contributed by atoms with Crippen molar-refractivity contribution in [3.8, 4) is 0 Å². The van der Waals surface area contributed by atoms with Crippen LogP contribution in [0.25, 0.3) is 0 Å². The minimum absolute atomic E-state index is 0. The molecule has 0 fully saturated rings. The van der Waals surface area contributed by atoms with E-state index in [1.54, 1.807) is 11.3 Å². The predicted octanol–water partition coefficient (Wildman–Crippen LogP) is 1.89. The molecule has 1 aromatic heterocycles. The molecule has 15 heavy (non-hydrogen) atoms. The smallest absolute Gasteiger partial charge is 0.122 e. The van der Waals surface area contributed by atoms with Gasteiger partial charge in [-0.2, -0.15) is 11.3 Å². The van der Waals surface area contributed by atoms with Crippen molar-refractivity contribution in [3.63, 3.8) is 0 Å². The molecule has 0 unspecified atom stereocenters. The second kappa shape index (κ2) is 7.73. The minimum atomic E-state index is 0. The first-order valence-corrected chi connectivity index (χ1v) is 5.11. The molecule has 0 radical (unpaired) electrons. The molecule has 4 heteroatoms. The van der Waals surface area contributed by atoms with Gasteiger partial charge >= 0.3 is 0 Å². The summed E-state index contributed by atoms with van der Waals surface area (Å²) < 4.78 is 0. The van der Waals surface area contributed by atoms with Crippen LogP contribution in [0.15, 0.2) is 53.2 Å². The van der Waals surface area contributed by atoms with E-state index < -0.39 is 0 Å². The summed E-state index contributed by atoms with van der Waals surface area (Å²) in [6.07, 6.45) is 0. The zero-order chi connectivity index (χ0) is 10.2. The van der Waals surface area contributed by atoms with Gasteiger partial charge in [-0.25, -0.2) is 0 Å². The van der Waals surface area contributed by atoms with Crippen molar-refractivity contribution < 1.29 is 5.48 Å². The molecule has 1 heterocycles. The zero-order valence-corrected chi connectivity index (χ0v) is 9.00. The highest BCUT2D eigenvalue weighted by molar-refractivity contribution is 7.07. The van der Waals surface area contributed by atoms with Crippen molar-refractivity contribution in [2.24, 2.45) is 5.73 Å². The Morgan fingerprint density at radius 1 is 1.00 bits per heavy atom. The molecular formula is C11H14N2OS. The Balaban J connectivity index is 0.000000280. The molecule has 5 N–H and O–H groups in total. The van der Waals surface area contributed by atoms with Gasteiger partial charge in [0.15, 0.2) is 0 Å². The van der Waals surface area contributed by atoms with E-state index in [0.29, 0.717) is 0 Å². The second-order valence-electron chi connectivity index (χ2n) is 2.57. The Kier molecular flexibility index (Phi) is 6.88. The average Bonchev–Trinajstić information content (AvgIpc) is 2.77. The van der Waals surface area contributed by atoms with Crippen molar-refractivity contribution in [2.75, 3.05) is 0 Å². The lowest BCUT2D eigenvalue weighted by Crippen LogP contribution is -2.10. The number of hydrogen-bond donors (Lipinski definition) is 2. The fourth-order valence-electron chi connectivity index (χ4n) is 0.845. The maximum atomic E-state index is 7.01. The molecule has 0 saturated heterocycles. The Bertz CT molecular complexity index is 342. The first-order valence-electron chi connectivity index (χ1n) is 4.17. The van der Waals surface area contributed by atoms with Crippen LogP contribution in [-0.4, -0.2) is 11.3 Å². The molecule has 80 valence electrons. The molecule has 2 aromatic rings. The molecule has 0 saturated carbocycles. The van der Waals surface area contributed by atoms with Crippen LogP contribution < -0.4 is 5.73 Å². The first-order chi connectivity index (χ1) is 6.80. The highest BCUT2D eigenvalue weighted by Gasteiger charge is 1.89. The summed E-state index contributed by atoms with van der Waals surface area (Å²) in [4.78, 5) is 0. The molecule has 2 rings (SSSR count). The molecule has 1 aromatic carbocycles. The standard InChI is InChI=1S/C7H8N2.C4H4S.H2O/c8-7(9)6-4-2-1-3-5-6;1-2-4-5-3-1;/h1-5H,(H3,8,9);1-4H;1H2. The third kappa shape index (κ3) is 5.61. The number of hydrogen-bond acceptors (Lipinski definition) is 2. The zero-order valence-electron chi connectivity index (χ0n) is 8.18. The third-order valence-corrected chi connectivity index (χ3v) is 2.14. The van der Waals surface area contributed by atoms with E-state index in [4.69, 9.17) is 11.1 Å². The number of benzene rings is 1. The molecule has 0 aliphatic heterocycles. The van der Waals surface area contributed by atoms with Gasteiger partial charge < -0.3 is 11.2 Å². The Hall–Kier alpha value is -1.65. The molecule has 0 aliphatic rings. The van der Waals surface area contributed by atoms with Gasteiger partial charge in [-0.1, -0.05) is 42.5 Å². The van der Waals surface area contributed by atoms with Crippen molar-refractivity contribution in [3.05, 3.63) is 58.8 Å². The molecule has 0 spiro atoms. The van der Waals surface area contributed by atoms with Gasteiger partial charge in [-0.15, -0.1) is 0 Å². The van der Waals surface area contributed by atoms with Gasteiger partial charge in [0.2, 0.25) is 0 Å². The van der Waals surface area contributed by atoms with Gasteiger partial charge in [-0.3, -0.25) is 5.41 Å². The second-order valence-corrected chi connectivity index (χ2v) is 3.39. The number of nitrogens with two attached hydrogens (primary N) is 1. The minimum Gasteiger partial charge on any atom is -0.412 e. The van der Waals surface area contributed by atoms with Gasteiger partial charge in [0, 0.05) is 5.56 Å². The number of nitrogen functional groups attached to an aromatic ring is 1. The van der Waals surface area contributed by atoms with Gasteiger partial charge in [-0.05, 0) is 10.8 Å². The molecule has 0 amide bonds. The molecule has 3 nitrogen and oxygen atoms in total. The summed E-state index contributed by atoms with van der Waals surface area (Å²) in [6, 6.07) is 13.3. The summed E-state index contributed by atoms with van der Waals surface area (Å²) in [5, 5.41) is 11.1. The number of rotatable bonds is 1. The van der Waals surface area contributed by atoms with Crippen LogP contribution in [0.3, 0.4) is 0 Å². The predicted molar refractivity (Wildman–Crippen MR) is 65.4 cm³/mol. The van der Waals surface area contributed by atoms with E-state index in [2.05, 4.69) is 0 Å². The third-order valence-electron chi connectivity index (χ3n) is 1.51. The Morgan fingerprint density at radius 3 is 1.80 bits per heavy atom. The van der Waals surface area contributed by atoms with Gasteiger partial charge in [0.25, 0.3) is 0 Å². The van der Waals surface area contributed by atoms with Crippen molar-refractivity contribution in [1.82, 2.24) is 0 Å². The van der Waals surface area contributed by atoms with E-state index in [0.717, 1.165) is 5.56 Å². The molecule has 0 bridgehead atoms. The SMILES string of the molecule is N=C(N)c1ccccc1.O.c1ccsc1. The summed E-state index contributed by atoms with van der Waals surface area (Å²) in [5.74, 6) is 0.121. The summed E-state index contributed by atoms with van der Waals surface area (Å²) in [5.41, 5.74) is 5.97. The summed E-state index contributed by atoms with van der Waals surface area (Å²) >= 11 is 1.71. The highest BCUT2D eigenvalue weighted by Crippen LogP contribution is 1.94. The van der Waals surface area contributed by atoms with E-state index in [-0.39, 0.29) is 11.3 Å². The lowest BCUT2D eigenvalue weighted by atomic mass is 10.2. The van der Waals surface area contributed by atoms with Crippen LogP contribution in [-0.2, 0) is 0 Å². The summed E-state index contributed by atoms with van der Waals surface area (Å²) in [7, 11) is 0. The largest absolute Gasteiger partial charge is 0.412 e. The van der Waals surface area contributed by atoms with Crippen molar-refractivity contribution >= 4 is 17.2 Å². The summed E-state index contributed by atoms with van der Waals surface area (Å²) in [6.45, 7) is 0. The Morgan fingerprint density at radius 2 is 1.53 bits per heavy atom. The molecular weight excluding hydrogens is 208 g/mol. The van der Waals surface area contributed by atoms with E-state index >= 15 is 0 Å². The normalized spacial score (nSPS) is 8.00. The van der Waals surface area contributed by atoms with Crippen LogP contribution in [0, 0.1) is 5.41 Å².